The zero-order chi connectivity index (χ0) is 16.8. The smallest absolute Gasteiger partial charge is 0.372 e. The maximum Gasteiger partial charge on any atom is 0.411 e. The molecule has 1 heterocycles. The largest absolute Gasteiger partial charge is 0.411 e. The zero-order valence-electron chi connectivity index (χ0n) is 13.7. The van der Waals surface area contributed by atoms with E-state index in [1.165, 1.54) is 0 Å². The molecule has 0 atom stereocenters. The first-order chi connectivity index (χ1) is 10.2. The first-order valence-corrected chi connectivity index (χ1v) is 7.84. The topological polar surface area (TPSA) is 32.8 Å². The molecular weight excluding hydrogens is 297 g/mol. The molecule has 0 N–H and O–H groups in total. The third kappa shape index (κ3) is 6.96. The molecule has 0 unspecified atom stereocenters. The number of hydrogen-bond donors (Lipinski definition) is 0. The minimum Gasteiger partial charge on any atom is -0.372 e. The van der Waals surface area contributed by atoms with E-state index in [4.69, 9.17) is 0 Å². The molecule has 1 rings (SSSR count). The number of rotatable bonds is 7. The van der Waals surface area contributed by atoms with Crippen LogP contribution in [-0.2, 0) is 9.53 Å². The van der Waals surface area contributed by atoms with Crippen molar-refractivity contribution >= 4 is 5.91 Å². The fourth-order valence-electron chi connectivity index (χ4n) is 2.52. The fourth-order valence-corrected chi connectivity index (χ4v) is 2.52. The van der Waals surface area contributed by atoms with Gasteiger partial charge < -0.3 is 14.5 Å². The van der Waals surface area contributed by atoms with Gasteiger partial charge >= 0.3 is 6.18 Å². The second-order valence-corrected chi connectivity index (χ2v) is 6.18. The van der Waals surface area contributed by atoms with Crippen molar-refractivity contribution < 1.29 is 22.7 Å². The highest BCUT2D eigenvalue weighted by molar-refractivity contribution is 5.78. The average Bonchev–Trinajstić information content (AvgIpc) is 2.44. The molecule has 1 aliphatic rings. The van der Waals surface area contributed by atoms with Gasteiger partial charge in [-0.2, -0.15) is 13.2 Å². The van der Waals surface area contributed by atoms with Crippen molar-refractivity contribution in [2.75, 3.05) is 39.9 Å². The molecule has 0 aromatic carbocycles. The van der Waals surface area contributed by atoms with E-state index < -0.39 is 12.8 Å². The summed E-state index contributed by atoms with van der Waals surface area (Å²) < 4.78 is 40.3. The van der Waals surface area contributed by atoms with Crippen molar-refractivity contribution in [1.82, 2.24) is 9.80 Å². The first-order valence-electron chi connectivity index (χ1n) is 7.84. The van der Waals surface area contributed by atoms with E-state index >= 15 is 0 Å². The highest BCUT2D eigenvalue weighted by Gasteiger charge is 2.28. The maximum atomic E-state index is 12.2. The monoisotopic (exact) mass is 324 g/mol. The second kappa shape index (κ2) is 8.72. The molecule has 0 saturated carbocycles. The number of ether oxygens (including phenoxy) is 1. The van der Waals surface area contributed by atoms with Gasteiger partial charge in [-0.3, -0.25) is 4.79 Å². The summed E-state index contributed by atoms with van der Waals surface area (Å²) in [4.78, 5) is 16.2. The molecule has 1 aliphatic heterocycles. The molecule has 22 heavy (non-hydrogen) atoms. The molecule has 0 spiro atoms. The summed E-state index contributed by atoms with van der Waals surface area (Å²) in [6.07, 6.45) is -2.03. The van der Waals surface area contributed by atoms with Crippen LogP contribution in [0.15, 0.2) is 0 Å². The number of carbonyl (C=O) groups excluding carboxylic acids is 1. The van der Waals surface area contributed by atoms with E-state index in [9.17, 15) is 18.0 Å². The Morgan fingerprint density at radius 1 is 1.32 bits per heavy atom. The molecule has 0 bridgehead atoms. The van der Waals surface area contributed by atoms with Crippen LogP contribution in [0.1, 0.15) is 33.1 Å². The van der Waals surface area contributed by atoms with E-state index in [0.29, 0.717) is 6.42 Å². The highest BCUT2D eigenvalue weighted by Crippen LogP contribution is 2.20. The van der Waals surface area contributed by atoms with E-state index in [-0.39, 0.29) is 24.5 Å². The number of halogens is 3. The van der Waals surface area contributed by atoms with Gasteiger partial charge in [0.05, 0.1) is 0 Å². The van der Waals surface area contributed by atoms with Crippen LogP contribution >= 0.6 is 0 Å². The number of likely N-dealkylation sites (tertiary alicyclic amines) is 1. The average molecular weight is 324 g/mol. The quantitative estimate of drug-likeness (QED) is 0.675. The summed E-state index contributed by atoms with van der Waals surface area (Å²) in [5, 5.41) is 0. The van der Waals surface area contributed by atoms with Crippen molar-refractivity contribution in [2.45, 2.75) is 45.3 Å². The molecule has 0 aliphatic carbocycles. The summed E-state index contributed by atoms with van der Waals surface area (Å²) in [5.74, 6) is 0.272. The summed E-state index contributed by atoms with van der Waals surface area (Å²) in [6, 6.07) is 0.205. The molecule has 0 aromatic rings. The normalized spacial score (nSPS) is 18.0. The number of piperidine rings is 1. The summed E-state index contributed by atoms with van der Waals surface area (Å²) >= 11 is 0. The van der Waals surface area contributed by atoms with E-state index in [0.717, 1.165) is 32.5 Å². The number of alkyl halides is 3. The van der Waals surface area contributed by atoms with Gasteiger partial charge in [0.25, 0.3) is 0 Å². The van der Waals surface area contributed by atoms with Gasteiger partial charge in [-0.25, -0.2) is 0 Å². The maximum absolute atomic E-state index is 12.2. The molecular formula is C15H27F3N2O2. The predicted octanol–water partition coefficient (Wildman–Crippen LogP) is 2.53. The summed E-state index contributed by atoms with van der Waals surface area (Å²) in [7, 11) is 1.83. The van der Waals surface area contributed by atoms with Crippen molar-refractivity contribution in [3.8, 4) is 0 Å². The second-order valence-electron chi connectivity index (χ2n) is 6.18. The van der Waals surface area contributed by atoms with Crippen LogP contribution in [-0.4, -0.2) is 67.8 Å². The molecule has 4 nitrogen and oxygen atoms in total. The number of nitrogens with zero attached hydrogens (tertiary/aromatic N) is 2. The van der Waals surface area contributed by atoms with Crippen LogP contribution in [0, 0.1) is 5.92 Å². The molecule has 7 heteroatoms. The van der Waals surface area contributed by atoms with E-state index in [2.05, 4.69) is 9.64 Å². The minimum absolute atomic E-state index is 0.0742. The first kappa shape index (κ1) is 19.2. The van der Waals surface area contributed by atoms with Gasteiger partial charge in [-0.1, -0.05) is 0 Å². The zero-order valence-corrected chi connectivity index (χ0v) is 13.7. The Kier molecular flexibility index (Phi) is 7.62. The Morgan fingerprint density at radius 2 is 1.91 bits per heavy atom. The Bertz CT molecular complexity index is 340. The molecule has 1 saturated heterocycles. The Balaban J connectivity index is 2.16. The van der Waals surface area contributed by atoms with Crippen molar-refractivity contribution in [3.63, 3.8) is 0 Å². The van der Waals surface area contributed by atoms with Crippen LogP contribution in [0.25, 0.3) is 0 Å². The summed E-state index contributed by atoms with van der Waals surface area (Å²) in [5.41, 5.74) is 0. The van der Waals surface area contributed by atoms with Gasteiger partial charge in [-0.15, -0.1) is 0 Å². The van der Waals surface area contributed by atoms with Crippen molar-refractivity contribution in [1.29, 1.82) is 0 Å². The molecule has 0 radical (unpaired) electrons. The minimum atomic E-state index is -4.25. The van der Waals surface area contributed by atoms with Gasteiger partial charge in [0.15, 0.2) is 0 Å². The SMILES string of the molecule is CC(C)N(C)C(=O)C1CCN(CCCOCC(F)(F)F)CC1. The lowest BCUT2D eigenvalue weighted by atomic mass is 9.95. The lowest BCUT2D eigenvalue weighted by Gasteiger charge is -2.34. The van der Waals surface area contributed by atoms with E-state index in [1.54, 1.807) is 4.90 Å². The van der Waals surface area contributed by atoms with Gasteiger partial charge in [-0.05, 0) is 46.2 Å². The molecule has 130 valence electrons. The van der Waals surface area contributed by atoms with Crippen LogP contribution in [0.4, 0.5) is 13.2 Å². The van der Waals surface area contributed by atoms with Gasteiger partial charge in [0, 0.05) is 32.2 Å². The molecule has 1 amide bonds. The Labute approximate surface area is 130 Å². The fraction of sp³-hybridized carbons (Fsp3) is 0.933. The Hall–Kier alpha value is -0.820. The van der Waals surface area contributed by atoms with Gasteiger partial charge in [0.1, 0.15) is 6.61 Å². The van der Waals surface area contributed by atoms with Crippen molar-refractivity contribution in [2.24, 2.45) is 5.92 Å². The predicted molar refractivity (Wildman–Crippen MR) is 78.6 cm³/mol. The lowest BCUT2D eigenvalue weighted by Crippen LogP contribution is -2.43. The number of carbonyl (C=O) groups is 1. The lowest BCUT2D eigenvalue weighted by molar-refractivity contribution is -0.174. The van der Waals surface area contributed by atoms with Crippen LogP contribution in [0.2, 0.25) is 0 Å². The molecule has 1 fully saturated rings. The number of amides is 1. The van der Waals surface area contributed by atoms with E-state index in [1.807, 2.05) is 20.9 Å². The van der Waals surface area contributed by atoms with Crippen LogP contribution in [0.3, 0.4) is 0 Å². The molecule has 0 aromatic heterocycles. The number of hydrogen-bond acceptors (Lipinski definition) is 3. The third-order valence-electron chi connectivity index (χ3n) is 4.09. The van der Waals surface area contributed by atoms with Crippen molar-refractivity contribution in [3.05, 3.63) is 0 Å². The highest BCUT2D eigenvalue weighted by atomic mass is 19.4. The Morgan fingerprint density at radius 3 is 2.41 bits per heavy atom. The standard InChI is InChI=1S/C15H27F3N2O2/c1-12(2)19(3)14(21)13-5-8-20(9-6-13)7-4-10-22-11-15(16,17)18/h12-13H,4-11H2,1-3H3. The van der Waals surface area contributed by atoms with Crippen LogP contribution < -0.4 is 0 Å². The summed E-state index contributed by atoms with van der Waals surface area (Å²) in [6.45, 7) is 5.30. The van der Waals surface area contributed by atoms with Crippen LogP contribution in [0.5, 0.6) is 0 Å². The van der Waals surface area contributed by atoms with Gasteiger partial charge in [0.2, 0.25) is 5.91 Å². The third-order valence-corrected chi connectivity index (χ3v) is 4.09.